The van der Waals surface area contributed by atoms with Crippen molar-refractivity contribution in [3.63, 3.8) is 0 Å². The Hall–Kier alpha value is -0.160. The number of hydrogen-bond donors (Lipinski definition) is 2. The molecule has 3 N–H and O–H groups in total. The van der Waals surface area contributed by atoms with Gasteiger partial charge in [-0.3, -0.25) is 11.3 Å². The highest BCUT2D eigenvalue weighted by atomic mass is 16.5. The van der Waals surface area contributed by atoms with Gasteiger partial charge in [0, 0.05) is 19.3 Å². The van der Waals surface area contributed by atoms with E-state index in [0.29, 0.717) is 18.1 Å². The second-order valence-corrected chi connectivity index (χ2v) is 5.32. The average Bonchev–Trinajstić information content (AvgIpc) is 2.42. The second kappa shape index (κ2) is 7.31. The first-order chi connectivity index (χ1) is 8.40. The molecule has 0 aromatic heterocycles. The molecule has 4 heteroatoms. The summed E-state index contributed by atoms with van der Waals surface area (Å²) in [5.74, 6) is 6.25. The van der Waals surface area contributed by atoms with Crippen LogP contribution in [0, 0.1) is 5.92 Å². The smallest absolute Gasteiger partial charge is 0.0575 e. The van der Waals surface area contributed by atoms with Crippen LogP contribution in [0.25, 0.3) is 0 Å². The Labute approximate surface area is 104 Å². The van der Waals surface area contributed by atoms with Gasteiger partial charge in [-0.1, -0.05) is 0 Å². The van der Waals surface area contributed by atoms with E-state index in [1.165, 1.54) is 32.1 Å². The molecule has 4 nitrogen and oxygen atoms in total. The van der Waals surface area contributed by atoms with Crippen molar-refractivity contribution in [2.45, 2.75) is 57.1 Å². The molecule has 2 heterocycles. The number of hydrazine groups is 1. The molecule has 17 heavy (non-hydrogen) atoms. The molecule has 0 spiro atoms. The monoisotopic (exact) mass is 242 g/mol. The van der Waals surface area contributed by atoms with Crippen molar-refractivity contribution in [1.82, 2.24) is 5.43 Å². The molecule has 100 valence electrons. The molecular formula is C13H26N2O2. The number of ether oxygens (including phenoxy) is 2. The van der Waals surface area contributed by atoms with E-state index in [1.807, 2.05) is 0 Å². The zero-order chi connectivity index (χ0) is 11.9. The van der Waals surface area contributed by atoms with Crippen molar-refractivity contribution in [2.75, 3.05) is 19.8 Å². The van der Waals surface area contributed by atoms with E-state index < -0.39 is 0 Å². The molecule has 0 bridgehead atoms. The van der Waals surface area contributed by atoms with Gasteiger partial charge in [0.2, 0.25) is 0 Å². The van der Waals surface area contributed by atoms with Gasteiger partial charge < -0.3 is 9.47 Å². The minimum absolute atomic E-state index is 0.390. The third-order valence-corrected chi connectivity index (χ3v) is 4.05. The quantitative estimate of drug-likeness (QED) is 0.568. The zero-order valence-corrected chi connectivity index (χ0v) is 10.7. The van der Waals surface area contributed by atoms with E-state index in [-0.39, 0.29) is 0 Å². The van der Waals surface area contributed by atoms with E-state index in [1.54, 1.807) is 0 Å². The maximum atomic E-state index is 5.76. The highest BCUT2D eigenvalue weighted by Crippen LogP contribution is 2.23. The van der Waals surface area contributed by atoms with Crippen molar-refractivity contribution < 1.29 is 9.47 Å². The summed E-state index contributed by atoms with van der Waals surface area (Å²) < 4.78 is 11.3. The summed E-state index contributed by atoms with van der Waals surface area (Å²) in [5.41, 5.74) is 2.98. The first kappa shape index (κ1) is 13.3. The van der Waals surface area contributed by atoms with Crippen molar-refractivity contribution in [3.05, 3.63) is 0 Å². The second-order valence-electron chi connectivity index (χ2n) is 5.32. The van der Waals surface area contributed by atoms with E-state index in [9.17, 15) is 0 Å². The average molecular weight is 242 g/mol. The molecule has 2 fully saturated rings. The third kappa shape index (κ3) is 4.21. The summed E-state index contributed by atoms with van der Waals surface area (Å²) in [6.07, 6.45) is 8.87. The van der Waals surface area contributed by atoms with Crippen molar-refractivity contribution in [3.8, 4) is 0 Å². The molecule has 0 radical (unpaired) electrons. The van der Waals surface area contributed by atoms with Crippen LogP contribution in [-0.4, -0.2) is 32.0 Å². The number of rotatable bonds is 5. The predicted molar refractivity (Wildman–Crippen MR) is 67.5 cm³/mol. The summed E-state index contributed by atoms with van der Waals surface area (Å²) >= 11 is 0. The summed E-state index contributed by atoms with van der Waals surface area (Å²) in [7, 11) is 0. The molecule has 2 aliphatic rings. The Morgan fingerprint density at radius 2 is 2.12 bits per heavy atom. The Balaban J connectivity index is 1.70. The van der Waals surface area contributed by atoms with Gasteiger partial charge in [-0.05, 0) is 50.9 Å². The Morgan fingerprint density at radius 3 is 2.76 bits per heavy atom. The third-order valence-electron chi connectivity index (χ3n) is 4.05. The molecule has 2 rings (SSSR count). The van der Waals surface area contributed by atoms with Crippen LogP contribution >= 0.6 is 0 Å². The Bertz CT molecular complexity index is 202. The van der Waals surface area contributed by atoms with Crippen molar-refractivity contribution in [1.29, 1.82) is 0 Å². The highest BCUT2D eigenvalue weighted by molar-refractivity contribution is 4.78. The van der Waals surface area contributed by atoms with Gasteiger partial charge >= 0.3 is 0 Å². The lowest BCUT2D eigenvalue weighted by atomic mass is 9.89. The fourth-order valence-electron chi connectivity index (χ4n) is 2.94. The number of hydrogen-bond acceptors (Lipinski definition) is 4. The molecule has 3 unspecified atom stereocenters. The Morgan fingerprint density at radius 1 is 1.18 bits per heavy atom. The molecule has 2 aliphatic heterocycles. The molecule has 3 atom stereocenters. The van der Waals surface area contributed by atoms with E-state index in [4.69, 9.17) is 15.3 Å². The maximum Gasteiger partial charge on any atom is 0.0575 e. The minimum Gasteiger partial charge on any atom is -0.381 e. The van der Waals surface area contributed by atoms with Gasteiger partial charge in [0.05, 0.1) is 12.7 Å². The molecule has 2 saturated heterocycles. The molecule has 0 aromatic rings. The highest BCUT2D eigenvalue weighted by Gasteiger charge is 2.24. The normalized spacial score (nSPS) is 32.3. The standard InChI is InChI=1S/C13H26N2O2/c14-15-13(11-4-3-8-16-10-11)7-6-12-5-1-2-9-17-12/h11-13,15H,1-10,14H2. The number of nitrogens with two attached hydrogens (primary N) is 1. The van der Waals surface area contributed by atoms with Crippen LogP contribution in [0.5, 0.6) is 0 Å². The molecular weight excluding hydrogens is 216 g/mol. The lowest BCUT2D eigenvalue weighted by Crippen LogP contribution is -2.44. The fourth-order valence-corrected chi connectivity index (χ4v) is 2.94. The van der Waals surface area contributed by atoms with Crippen LogP contribution in [0.3, 0.4) is 0 Å². The molecule has 0 amide bonds. The van der Waals surface area contributed by atoms with E-state index in [2.05, 4.69) is 5.43 Å². The number of nitrogens with one attached hydrogen (secondary N) is 1. The topological polar surface area (TPSA) is 56.5 Å². The van der Waals surface area contributed by atoms with Gasteiger partial charge in [0.15, 0.2) is 0 Å². The Kier molecular flexibility index (Phi) is 5.71. The van der Waals surface area contributed by atoms with Crippen LogP contribution < -0.4 is 11.3 Å². The summed E-state index contributed by atoms with van der Waals surface area (Å²) in [6, 6.07) is 0.390. The summed E-state index contributed by atoms with van der Waals surface area (Å²) in [5, 5.41) is 0. The van der Waals surface area contributed by atoms with Gasteiger partial charge in [0.1, 0.15) is 0 Å². The lowest BCUT2D eigenvalue weighted by Gasteiger charge is -2.31. The van der Waals surface area contributed by atoms with Gasteiger partial charge in [-0.25, -0.2) is 0 Å². The summed E-state index contributed by atoms with van der Waals surface area (Å²) in [4.78, 5) is 0. The maximum absolute atomic E-state index is 5.76. The summed E-state index contributed by atoms with van der Waals surface area (Å²) in [6.45, 7) is 2.72. The molecule has 0 aliphatic carbocycles. The SMILES string of the molecule is NNC(CCC1CCCCO1)C1CCCOC1. The molecule has 0 saturated carbocycles. The van der Waals surface area contributed by atoms with Gasteiger partial charge in [-0.2, -0.15) is 0 Å². The molecule has 0 aromatic carbocycles. The van der Waals surface area contributed by atoms with Crippen LogP contribution in [0.15, 0.2) is 0 Å². The van der Waals surface area contributed by atoms with Crippen LogP contribution in [-0.2, 0) is 9.47 Å². The first-order valence-corrected chi connectivity index (χ1v) is 7.05. The largest absolute Gasteiger partial charge is 0.381 e. The van der Waals surface area contributed by atoms with Crippen LogP contribution in [0.2, 0.25) is 0 Å². The zero-order valence-electron chi connectivity index (χ0n) is 10.7. The van der Waals surface area contributed by atoms with Gasteiger partial charge in [-0.15, -0.1) is 0 Å². The predicted octanol–water partition coefficient (Wildman–Crippen LogP) is 1.59. The van der Waals surface area contributed by atoms with Gasteiger partial charge in [0.25, 0.3) is 0 Å². The van der Waals surface area contributed by atoms with Crippen LogP contribution in [0.1, 0.15) is 44.9 Å². The van der Waals surface area contributed by atoms with Crippen LogP contribution in [0.4, 0.5) is 0 Å². The minimum atomic E-state index is 0.390. The van der Waals surface area contributed by atoms with Crippen molar-refractivity contribution in [2.24, 2.45) is 11.8 Å². The lowest BCUT2D eigenvalue weighted by molar-refractivity contribution is 0.00135. The van der Waals surface area contributed by atoms with E-state index >= 15 is 0 Å². The fraction of sp³-hybridized carbons (Fsp3) is 1.00. The van der Waals surface area contributed by atoms with Crippen molar-refractivity contribution >= 4 is 0 Å². The van der Waals surface area contributed by atoms with E-state index in [0.717, 1.165) is 32.7 Å². The first-order valence-electron chi connectivity index (χ1n) is 7.05.